The Balaban J connectivity index is 2.16. The summed E-state index contributed by atoms with van der Waals surface area (Å²) in [4.78, 5) is 0. The van der Waals surface area contributed by atoms with Crippen molar-refractivity contribution in [1.82, 2.24) is 15.1 Å². The van der Waals surface area contributed by atoms with Crippen molar-refractivity contribution < 1.29 is 0 Å². The summed E-state index contributed by atoms with van der Waals surface area (Å²) in [6, 6.07) is 8.49. The van der Waals surface area contributed by atoms with Crippen LogP contribution in [-0.2, 0) is 13.0 Å². The van der Waals surface area contributed by atoms with E-state index in [9.17, 15) is 0 Å². The van der Waals surface area contributed by atoms with Gasteiger partial charge in [0, 0.05) is 17.8 Å². The van der Waals surface area contributed by atoms with Gasteiger partial charge in [0.05, 0.1) is 11.9 Å². The summed E-state index contributed by atoms with van der Waals surface area (Å²) < 4.78 is 2.07. The summed E-state index contributed by atoms with van der Waals surface area (Å²) in [5.41, 5.74) is 5.05. The molecule has 3 heteroatoms. The van der Waals surface area contributed by atoms with Gasteiger partial charge in [-0.1, -0.05) is 38.5 Å². The van der Waals surface area contributed by atoms with Gasteiger partial charge in [-0.15, -0.1) is 0 Å². The van der Waals surface area contributed by atoms with Crippen molar-refractivity contribution in [2.75, 3.05) is 6.54 Å². The van der Waals surface area contributed by atoms with Gasteiger partial charge in [0.1, 0.15) is 0 Å². The molecule has 108 valence electrons. The van der Waals surface area contributed by atoms with Crippen molar-refractivity contribution in [1.29, 1.82) is 0 Å². The molecule has 2 rings (SSSR count). The van der Waals surface area contributed by atoms with Crippen molar-refractivity contribution in [3.8, 4) is 5.69 Å². The highest BCUT2D eigenvalue weighted by Gasteiger charge is 2.10. The molecule has 0 spiro atoms. The van der Waals surface area contributed by atoms with Crippen molar-refractivity contribution in [3.05, 3.63) is 47.3 Å². The fraction of sp³-hybridized carbons (Fsp3) is 0.471. The van der Waals surface area contributed by atoms with Crippen LogP contribution in [0.4, 0.5) is 0 Å². The lowest BCUT2D eigenvalue weighted by Crippen LogP contribution is -2.15. The molecular formula is C17H25N3. The van der Waals surface area contributed by atoms with Crippen molar-refractivity contribution in [2.45, 2.75) is 46.6 Å². The summed E-state index contributed by atoms with van der Waals surface area (Å²) in [6.45, 7) is 8.53. The quantitative estimate of drug-likeness (QED) is 0.779. The number of hydrogen-bond acceptors (Lipinski definition) is 2. The molecule has 1 aromatic carbocycles. The molecule has 0 saturated carbocycles. The molecule has 0 atom stereocenters. The van der Waals surface area contributed by atoms with Gasteiger partial charge in [0.15, 0.2) is 0 Å². The predicted molar refractivity (Wildman–Crippen MR) is 84.3 cm³/mol. The second kappa shape index (κ2) is 7.25. The molecule has 0 radical (unpaired) electrons. The third kappa shape index (κ3) is 3.28. The molecule has 1 aromatic heterocycles. The molecule has 1 N–H and O–H groups in total. The molecule has 0 saturated heterocycles. The zero-order valence-corrected chi connectivity index (χ0v) is 12.8. The molecule has 0 aliphatic heterocycles. The number of hydrogen-bond donors (Lipinski definition) is 1. The second-order valence-electron chi connectivity index (χ2n) is 5.18. The van der Waals surface area contributed by atoms with E-state index in [0.717, 1.165) is 19.5 Å². The summed E-state index contributed by atoms with van der Waals surface area (Å²) in [5.74, 6) is 0. The highest BCUT2D eigenvalue weighted by atomic mass is 15.3. The molecule has 0 unspecified atom stereocenters. The van der Waals surface area contributed by atoms with E-state index in [2.05, 4.69) is 60.1 Å². The summed E-state index contributed by atoms with van der Waals surface area (Å²) in [7, 11) is 0. The fourth-order valence-corrected chi connectivity index (χ4v) is 2.40. The monoisotopic (exact) mass is 271 g/mol. The summed E-state index contributed by atoms with van der Waals surface area (Å²) in [5, 5.41) is 8.05. The minimum atomic E-state index is 0.903. The Morgan fingerprint density at radius 1 is 1.15 bits per heavy atom. The van der Waals surface area contributed by atoms with E-state index in [1.54, 1.807) is 0 Å². The Bertz CT molecular complexity index is 543. The Labute approximate surface area is 122 Å². The first-order valence-electron chi connectivity index (χ1n) is 7.60. The van der Waals surface area contributed by atoms with Crippen LogP contribution in [0.15, 0.2) is 30.5 Å². The maximum absolute atomic E-state index is 4.57. The number of para-hydroxylation sites is 1. The number of unbranched alkanes of at least 4 members (excludes halogenated alkanes) is 1. The van der Waals surface area contributed by atoms with E-state index >= 15 is 0 Å². The van der Waals surface area contributed by atoms with Crippen LogP contribution in [0.2, 0.25) is 0 Å². The van der Waals surface area contributed by atoms with Crippen LogP contribution >= 0.6 is 0 Å². The van der Waals surface area contributed by atoms with Crippen molar-refractivity contribution in [3.63, 3.8) is 0 Å². The molecular weight excluding hydrogens is 246 g/mol. The topological polar surface area (TPSA) is 29.9 Å². The highest BCUT2D eigenvalue weighted by Crippen LogP contribution is 2.18. The third-order valence-electron chi connectivity index (χ3n) is 3.73. The molecule has 3 nitrogen and oxygen atoms in total. The first kappa shape index (κ1) is 14.8. The van der Waals surface area contributed by atoms with Gasteiger partial charge < -0.3 is 5.32 Å². The summed E-state index contributed by atoms with van der Waals surface area (Å²) in [6.07, 6.45) is 5.47. The van der Waals surface area contributed by atoms with Crippen LogP contribution in [0.1, 0.15) is 43.5 Å². The SMILES string of the molecule is CCCCNCc1cnn(-c2ccccc2CC)c1C. The van der Waals surface area contributed by atoms with Gasteiger partial charge in [-0.25, -0.2) is 4.68 Å². The van der Waals surface area contributed by atoms with Crippen LogP contribution < -0.4 is 5.32 Å². The van der Waals surface area contributed by atoms with Gasteiger partial charge in [0.25, 0.3) is 0 Å². The van der Waals surface area contributed by atoms with E-state index in [0.29, 0.717) is 0 Å². The Hall–Kier alpha value is -1.61. The predicted octanol–water partition coefficient (Wildman–Crippen LogP) is 3.63. The Kier molecular flexibility index (Phi) is 5.36. The zero-order chi connectivity index (χ0) is 14.4. The lowest BCUT2D eigenvalue weighted by Gasteiger charge is -2.10. The number of aromatic nitrogens is 2. The van der Waals surface area contributed by atoms with Gasteiger partial charge in [0.2, 0.25) is 0 Å². The normalized spacial score (nSPS) is 10.9. The van der Waals surface area contributed by atoms with E-state index in [1.165, 1.54) is 35.3 Å². The van der Waals surface area contributed by atoms with Gasteiger partial charge in [-0.2, -0.15) is 5.10 Å². The second-order valence-corrected chi connectivity index (χ2v) is 5.18. The maximum Gasteiger partial charge on any atom is 0.0680 e. The number of aryl methyl sites for hydroxylation is 1. The average Bonchev–Trinajstić information content (AvgIpc) is 2.85. The minimum absolute atomic E-state index is 0.903. The van der Waals surface area contributed by atoms with Crippen molar-refractivity contribution >= 4 is 0 Å². The molecule has 0 bridgehead atoms. The number of nitrogens with one attached hydrogen (secondary N) is 1. The molecule has 20 heavy (non-hydrogen) atoms. The Morgan fingerprint density at radius 2 is 1.95 bits per heavy atom. The van der Waals surface area contributed by atoms with E-state index in [1.807, 2.05) is 6.20 Å². The van der Waals surface area contributed by atoms with E-state index in [-0.39, 0.29) is 0 Å². The van der Waals surface area contributed by atoms with Crippen molar-refractivity contribution in [2.24, 2.45) is 0 Å². The molecule has 2 aromatic rings. The van der Waals surface area contributed by atoms with Crippen LogP contribution in [-0.4, -0.2) is 16.3 Å². The smallest absolute Gasteiger partial charge is 0.0680 e. The van der Waals surface area contributed by atoms with Crippen LogP contribution in [0.5, 0.6) is 0 Å². The maximum atomic E-state index is 4.57. The lowest BCUT2D eigenvalue weighted by atomic mass is 10.1. The van der Waals surface area contributed by atoms with Crippen LogP contribution in [0, 0.1) is 6.92 Å². The third-order valence-corrected chi connectivity index (χ3v) is 3.73. The van der Waals surface area contributed by atoms with Gasteiger partial charge in [-0.05, 0) is 37.9 Å². The van der Waals surface area contributed by atoms with Gasteiger partial charge in [-0.3, -0.25) is 0 Å². The first-order chi connectivity index (χ1) is 9.77. The van der Waals surface area contributed by atoms with Gasteiger partial charge >= 0.3 is 0 Å². The van der Waals surface area contributed by atoms with Crippen LogP contribution in [0.3, 0.4) is 0 Å². The van der Waals surface area contributed by atoms with E-state index in [4.69, 9.17) is 0 Å². The number of benzene rings is 1. The minimum Gasteiger partial charge on any atom is -0.313 e. The highest BCUT2D eigenvalue weighted by molar-refractivity contribution is 5.42. The zero-order valence-electron chi connectivity index (χ0n) is 12.8. The van der Waals surface area contributed by atoms with Crippen LogP contribution in [0.25, 0.3) is 5.69 Å². The Morgan fingerprint density at radius 3 is 2.70 bits per heavy atom. The molecule has 0 amide bonds. The molecule has 0 fully saturated rings. The average molecular weight is 271 g/mol. The number of nitrogens with zero attached hydrogens (tertiary/aromatic N) is 2. The first-order valence-corrected chi connectivity index (χ1v) is 7.60. The molecule has 0 aliphatic carbocycles. The fourth-order valence-electron chi connectivity index (χ4n) is 2.40. The number of rotatable bonds is 7. The summed E-state index contributed by atoms with van der Waals surface area (Å²) >= 11 is 0. The molecule has 1 heterocycles. The largest absolute Gasteiger partial charge is 0.313 e. The molecule has 0 aliphatic rings. The standard InChI is InChI=1S/C17H25N3/c1-4-6-11-18-12-16-13-19-20(14(16)3)17-10-8-7-9-15(17)5-2/h7-10,13,18H,4-6,11-12H2,1-3H3. The lowest BCUT2D eigenvalue weighted by molar-refractivity contribution is 0.639. The van der Waals surface area contributed by atoms with E-state index < -0.39 is 0 Å².